The molecule has 0 aliphatic heterocycles. The van der Waals surface area contributed by atoms with Crippen LogP contribution in [-0.2, 0) is 19.9 Å². The molecule has 1 atom stereocenters. The number of nitrogen functional groups attached to an aromatic ring is 1. The van der Waals surface area contributed by atoms with E-state index in [1.165, 1.54) is 16.9 Å². The molecule has 8 heteroatoms. The molecule has 27 heavy (non-hydrogen) atoms. The zero-order valence-electron chi connectivity index (χ0n) is 16.0. The summed E-state index contributed by atoms with van der Waals surface area (Å²) in [5, 5.41) is 9.98. The molecular weight excluding hydrogens is 358 g/mol. The van der Waals surface area contributed by atoms with Crippen molar-refractivity contribution in [2.24, 2.45) is 18.4 Å². The minimum absolute atomic E-state index is 0.329. The average molecular weight is 382 g/mol. The summed E-state index contributed by atoms with van der Waals surface area (Å²) < 4.78 is 3.48. The molecule has 4 aromatic rings. The predicted molar refractivity (Wildman–Crippen MR) is 108 cm³/mol. The molecule has 0 bridgehead atoms. The maximum atomic E-state index is 6.07. The van der Waals surface area contributed by atoms with Crippen LogP contribution in [0.25, 0.3) is 27.4 Å². The Balaban J connectivity index is 1.69. The van der Waals surface area contributed by atoms with Gasteiger partial charge in [0.05, 0.1) is 17.3 Å². The van der Waals surface area contributed by atoms with Gasteiger partial charge in [-0.25, -0.2) is 14.5 Å². The molecular formula is C19H23N7S. The largest absolute Gasteiger partial charge is 0.396 e. The Labute approximate surface area is 161 Å². The lowest BCUT2D eigenvalue weighted by atomic mass is 9.72. The van der Waals surface area contributed by atoms with Crippen molar-refractivity contribution in [1.82, 2.24) is 29.4 Å². The molecule has 5 rings (SSSR count). The van der Waals surface area contributed by atoms with Crippen LogP contribution < -0.4 is 5.73 Å². The first kappa shape index (κ1) is 16.7. The fourth-order valence-corrected chi connectivity index (χ4v) is 5.40. The molecule has 1 unspecified atom stereocenters. The highest BCUT2D eigenvalue weighted by Crippen LogP contribution is 2.43. The number of rotatable bonds is 1. The van der Waals surface area contributed by atoms with E-state index in [1.807, 2.05) is 18.4 Å². The first-order valence-corrected chi connectivity index (χ1v) is 10.1. The smallest absolute Gasteiger partial charge is 0.202 e. The number of fused-ring (bicyclic) bond motifs is 5. The SMILES string of the molecule is Cn1ncc(N)c1-c1nc2c3c4c(sc3ncn2n1)CC(C(C)(C)C)CC4. The molecule has 7 nitrogen and oxygen atoms in total. The summed E-state index contributed by atoms with van der Waals surface area (Å²) >= 11 is 1.81. The van der Waals surface area contributed by atoms with Crippen molar-refractivity contribution in [3.8, 4) is 11.5 Å². The second-order valence-electron chi connectivity index (χ2n) is 8.51. The van der Waals surface area contributed by atoms with Gasteiger partial charge < -0.3 is 5.73 Å². The van der Waals surface area contributed by atoms with Crippen LogP contribution in [0.2, 0.25) is 0 Å². The molecule has 1 aliphatic carbocycles. The van der Waals surface area contributed by atoms with Crippen molar-refractivity contribution in [3.05, 3.63) is 23.0 Å². The molecule has 0 saturated carbocycles. The molecule has 2 N–H and O–H groups in total. The Kier molecular flexibility index (Phi) is 3.40. The number of nitrogens with zero attached hydrogens (tertiary/aromatic N) is 6. The molecule has 0 amide bonds. The van der Waals surface area contributed by atoms with Gasteiger partial charge in [-0.1, -0.05) is 20.8 Å². The quantitative estimate of drug-likeness (QED) is 0.545. The van der Waals surface area contributed by atoms with E-state index < -0.39 is 0 Å². The van der Waals surface area contributed by atoms with E-state index in [0.29, 0.717) is 22.8 Å². The van der Waals surface area contributed by atoms with Gasteiger partial charge in [-0.2, -0.15) is 5.10 Å². The van der Waals surface area contributed by atoms with Crippen LogP contribution in [0.3, 0.4) is 0 Å². The van der Waals surface area contributed by atoms with E-state index >= 15 is 0 Å². The standard InChI is InChI=1S/C19H23N7S/c1-19(2,3)10-5-6-11-13(7-10)27-18-14(11)17-23-16(24-26(17)9-21-18)15-12(20)8-22-25(15)4/h8-10H,5-7,20H2,1-4H3. The third-order valence-corrected chi connectivity index (χ3v) is 6.95. The number of nitrogens with two attached hydrogens (primary N) is 1. The van der Waals surface area contributed by atoms with Crippen LogP contribution in [0, 0.1) is 11.3 Å². The van der Waals surface area contributed by atoms with E-state index in [1.54, 1.807) is 21.7 Å². The minimum atomic E-state index is 0.329. The zero-order chi connectivity index (χ0) is 18.9. The van der Waals surface area contributed by atoms with Gasteiger partial charge in [0.15, 0.2) is 5.65 Å². The third-order valence-electron chi connectivity index (χ3n) is 5.79. The van der Waals surface area contributed by atoms with Gasteiger partial charge in [0.25, 0.3) is 0 Å². The van der Waals surface area contributed by atoms with Gasteiger partial charge in [-0.3, -0.25) is 4.68 Å². The van der Waals surface area contributed by atoms with Crippen molar-refractivity contribution >= 4 is 32.9 Å². The van der Waals surface area contributed by atoms with E-state index in [2.05, 4.69) is 36.0 Å². The lowest BCUT2D eigenvalue weighted by Gasteiger charge is -2.33. The zero-order valence-corrected chi connectivity index (χ0v) is 16.8. The van der Waals surface area contributed by atoms with Gasteiger partial charge in [0.1, 0.15) is 16.9 Å². The normalized spacial score (nSPS) is 17.7. The summed E-state index contributed by atoms with van der Waals surface area (Å²) in [5.74, 6) is 1.29. The fraction of sp³-hybridized carbons (Fsp3) is 0.474. The number of anilines is 1. The topological polar surface area (TPSA) is 86.9 Å². The number of hydrogen-bond acceptors (Lipinski definition) is 6. The molecule has 0 radical (unpaired) electrons. The summed E-state index contributed by atoms with van der Waals surface area (Å²) in [6.45, 7) is 7.03. The van der Waals surface area contributed by atoms with E-state index in [4.69, 9.17) is 10.7 Å². The van der Waals surface area contributed by atoms with Crippen LogP contribution in [0.1, 0.15) is 37.6 Å². The van der Waals surface area contributed by atoms with Gasteiger partial charge in [-0.05, 0) is 36.2 Å². The van der Waals surface area contributed by atoms with Gasteiger partial charge in [0.2, 0.25) is 5.82 Å². The summed E-state index contributed by atoms with van der Waals surface area (Å²) in [6.07, 6.45) is 6.80. The Hall–Kier alpha value is -2.48. The van der Waals surface area contributed by atoms with E-state index in [9.17, 15) is 0 Å². The Morgan fingerprint density at radius 1 is 1.30 bits per heavy atom. The number of hydrogen-bond donors (Lipinski definition) is 1. The molecule has 0 saturated heterocycles. The Bertz CT molecular complexity index is 1160. The second kappa shape index (κ2) is 5.51. The predicted octanol–water partition coefficient (Wildman–Crippen LogP) is 3.47. The summed E-state index contributed by atoms with van der Waals surface area (Å²) in [7, 11) is 1.85. The minimum Gasteiger partial charge on any atom is -0.396 e. The van der Waals surface area contributed by atoms with Crippen molar-refractivity contribution in [2.45, 2.75) is 40.0 Å². The monoisotopic (exact) mass is 381 g/mol. The summed E-state index contributed by atoms with van der Waals surface area (Å²) in [4.78, 5) is 12.0. The first-order chi connectivity index (χ1) is 12.8. The highest BCUT2D eigenvalue weighted by atomic mass is 32.1. The second-order valence-corrected chi connectivity index (χ2v) is 9.59. The molecule has 0 aromatic carbocycles. The maximum absolute atomic E-state index is 6.07. The summed E-state index contributed by atoms with van der Waals surface area (Å²) in [6, 6.07) is 0. The third kappa shape index (κ3) is 2.46. The van der Waals surface area contributed by atoms with E-state index in [0.717, 1.165) is 34.4 Å². The van der Waals surface area contributed by atoms with Crippen molar-refractivity contribution < 1.29 is 0 Å². The van der Waals surface area contributed by atoms with Gasteiger partial charge >= 0.3 is 0 Å². The van der Waals surface area contributed by atoms with Crippen molar-refractivity contribution in [2.75, 3.05) is 5.73 Å². The molecule has 4 heterocycles. The first-order valence-electron chi connectivity index (χ1n) is 9.26. The maximum Gasteiger partial charge on any atom is 0.202 e. The van der Waals surface area contributed by atoms with Gasteiger partial charge in [0, 0.05) is 11.9 Å². The van der Waals surface area contributed by atoms with Crippen LogP contribution >= 0.6 is 11.3 Å². The fourth-order valence-electron chi connectivity index (χ4n) is 4.14. The Morgan fingerprint density at radius 2 is 2.11 bits per heavy atom. The van der Waals surface area contributed by atoms with Crippen LogP contribution in [0.4, 0.5) is 5.69 Å². The molecule has 1 aliphatic rings. The lowest BCUT2D eigenvalue weighted by molar-refractivity contribution is 0.218. The number of aryl methyl sites for hydroxylation is 2. The highest BCUT2D eigenvalue weighted by molar-refractivity contribution is 7.19. The van der Waals surface area contributed by atoms with Crippen molar-refractivity contribution in [1.29, 1.82) is 0 Å². The molecule has 140 valence electrons. The average Bonchev–Trinajstić information content (AvgIpc) is 3.27. The van der Waals surface area contributed by atoms with E-state index in [-0.39, 0.29) is 0 Å². The lowest BCUT2D eigenvalue weighted by Crippen LogP contribution is -2.26. The van der Waals surface area contributed by atoms with Crippen LogP contribution in [0.5, 0.6) is 0 Å². The summed E-state index contributed by atoms with van der Waals surface area (Å²) in [5.41, 5.74) is 9.99. The molecule has 0 fully saturated rings. The molecule has 0 spiro atoms. The molecule has 4 aromatic heterocycles. The number of aromatic nitrogens is 6. The van der Waals surface area contributed by atoms with Crippen LogP contribution in [0.15, 0.2) is 12.5 Å². The van der Waals surface area contributed by atoms with Crippen molar-refractivity contribution in [3.63, 3.8) is 0 Å². The Morgan fingerprint density at radius 3 is 2.81 bits per heavy atom. The number of thiophene rings is 1. The highest BCUT2D eigenvalue weighted by Gasteiger charge is 2.32. The van der Waals surface area contributed by atoms with Gasteiger partial charge in [-0.15, -0.1) is 16.4 Å². The van der Waals surface area contributed by atoms with Crippen LogP contribution in [-0.4, -0.2) is 29.4 Å².